The largest absolute Gasteiger partial charge is 0.404 e. The van der Waals surface area contributed by atoms with Gasteiger partial charge in [-0.3, -0.25) is 14.6 Å². The lowest BCUT2D eigenvalue weighted by molar-refractivity contribution is -0.119. The van der Waals surface area contributed by atoms with Gasteiger partial charge in [0.1, 0.15) is 11.6 Å². The fourth-order valence-corrected chi connectivity index (χ4v) is 3.44. The average molecular weight is 446 g/mol. The van der Waals surface area contributed by atoms with E-state index in [1.165, 1.54) is 12.4 Å². The van der Waals surface area contributed by atoms with Crippen molar-refractivity contribution in [3.63, 3.8) is 0 Å². The third kappa shape index (κ3) is 5.37. The molecule has 0 radical (unpaired) electrons. The predicted octanol–water partition coefficient (Wildman–Crippen LogP) is 4.13. The second-order valence-corrected chi connectivity index (χ2v) is 7.61. The van der Waals surface area contributed by atoms with E-state index >= 15 is 0 Å². The van der Waals surface area contributed by atoms with Crippen LogP contribution in [0.25, 0.3) is 0 Å². The number of pyridine rings is 1. The van der Waals surface area contributed by atoms with E-state index in [0.717, 1.165) is 0 Å². The predicted molar refractivity (Wildman–Crippen MR) is 121 cm³/mol. The van der Waals surface area contributed by atoms with Crippen LogP contribution in [-0.2, 0) is 9.59 Å². The van der Waals surface area contributed by atoms with Crippen LogP contribution in [0.5, 0.6) is 0 Å². The van der Waals surface area contributed by atoms with Crippen molar-refractivity contribution in [3.8, 4) is 0 Å². The molecule has 30 heavy (non-hydrogen) atoms. The first kappa shape index (κ1) is 21.8. The van der Waals surface area contributed by atoms with Gasteiger partial charge in [-0.05, 0) is 37.3 Å². The second kappa shape index (κ2) is 9.73. The summed E-state index contributed by atoms with van der Waals surface area (Å²) in [5.74, 6) is 0.405. The Morgan fingerprint density at radius 3 is 2.50 bits per heavy atom. The molecule has 0 saturated carbocycles. The van der Waals surface area contributed by atoms with Gasteiger partial charge in [-0.25, -0.2) is 4.98 Å². The molecule has 1 aromatic heterocycles. The third-order valence-corrected chi connectivity index (χ3v) is 5.15. The van der Waals surface area contributed by atoms with Crippen molar-refractivity contribution in [2.24, 2.45) is 10.7 Å². The normalized spacial score (nSPS) is 15.3. The molecule has 0 bridgehead atoms. The van der Waals surface area contributed by atoms with Gasteiger partial charge in [0.05, 0.1) is 33.9 Å². The third-order valence-electron chi connectivity index (χ3n) is 4.62. The number of nitrogens with two attached hydrogens (primary N) is 1. The van der Waals surface area contributed by atoms with Crippen LogP contribution in [0.1, 0.15) is 19.8 Å². The first-order valence-corrected chi connectivity index (χ1v) is 10.1. The molecule has 1 amide bonds. The number of nitrogens with one attached hydrogen (secondary N) is 1. The van der Waals surface area contributed by atoms with E-state index in [1.54, 1.807) is 37.3 Å². The molecule has 1 saturated heterocycles. The molecule has 0 aliphatic carbocycles. The Kier molecular flexibility index (Phi) is 7.07. The number of halogens is 2. The Morgan fingerprint density at radius 2 is 1.90 bits per heavy atom. The number of hydrogen-bond donors (Lipinski definition) is 2. The first-order chi connectivity index (χ1) is 14.4. The summed E-state index contributed by atoms with van der Waals surface area (Å²) in [5, 5.41) is 3.73. The van der Waals surface area contributed by atoms with Crippen LogP contribution in [0, 0.1) is 0 Å². The van der Waals surface area contributed by atoms with E-state index in [-0.39, 0.29) is 11.4 Å². The number of hydrogen-bond acceptors (Lipinski definition) is 6. The molecule has 7 nitrogen and oxygen atoms in total. The number of nitrogens with zero attached hydrogens (tertiary/aromatic N) is 3. The molecular weight excluding hydrogens is 425 g/mol. The van der Waals surface area contributed by atoms with Gasteiger partial charge in [0.25, 0.3) is 5.91 Å². The summed E-state index contributed by atoms with van der Waals surface area (Å²) in [4.78, 5) is 34.8. The maximum Gasteiger partial charge on any atom is 0.259 e. The standard InChI is InChI=1S/C21H21Cl2N5O2/c1-13(26-15-4-2-14(22)3-5-15)18(11-24)21(30)27-16-10-19(23)20(25-12-16)28-8-6-17(29)7-9-28/h2-5,10-12H,6-9,24H2,1H3,(H,27,30). The quantitative estimate of drug-likeness (QED) is 0.531. The van der Waals surface area contributed by atoms with Gasteiger partial charge in [0, 0.05) is 37.2 Å². The fourth-order valence-electron chi connectivity index (χ4n) is 3.03. The number of anilines is 2. The van der Waals surface area contributed by atoms with E-state index in [2.05, 4.69) is 15.3 Å². The Bertz CT molecular complexity index is 1010. The summed E-state index contributed by atoms with van der Waals surface area (Å²) in [6, 6.07) is 8.54. The Hall–Kier alpha value is -2.90. The first-order valence-electron chi connectivity index (χ1n) is 9.34. The number of aliphatic imine (C=N–C) groups is 1. The molecule has 2 aromatic rings. The number of carbonyl (C=O) groups excluding carboxylic acids is 2. The number of amides is 1. The van der Waals surface area contributed by atoms with Gasteiger partial charge >= 0.3 is 0 Å². The molecule has 156 valence electrons. The highest BCUT2D eigenvalue weighted by Crippen LogP contribution is 2.28. The highest BCUT2D eigenvalue weighted by Gasteiger charge is 2.20. The van der Waals surface area contributed by atoms with Crippen molar-refractivity contribution in [2.75, 3.05) is 23.3 Å². The summed E-state index contributed by atoms with van der Waals surface area (Å²) < 4.78 is 0. The van der Waals surface area contributed by atoms with Crippen LogP contribution in [0.3, 0.4) is 0 Å². The summed E-state index contributed by atoms with van der Waals surface area (Å²) in [6.45, 7) is 2.86. The topological polar surface area (TPSA) is 101 Å². The molecule has 3 N–H and O–H groups in total. The lowest BCUT2D eigenvalue weighted by Crippen LogP contribution is -2.34. The molecule has 3 rings (SSSR count). The average Bonchev–Trinajstić information content (AvgIpc) is 2.71. The van der Waals surface area contributed by atoms with E-state index in [9.17, 15) is 9.59 Å². The number of piperidine rings is 1. The lowest BCUT2D eigenvalue weighted by atomic mass is 10.1. The monoisotopic (exact) mass is 445 g/mol. The molecular formula is C21H21Cl2N5O2. The zero-order valence-electron chi connectivity index (χ0n) is 16.4. The van der Waals surface area contributed by atoms with Crippen LogP contribution in [0.2, 0.25) is 10.0 Å². The molecule has 2 heterocycles. The lowest BCUT2D eigenvalue weighted by Gasteiger charge is -2.27. The Labute approximate surface area is 184 Å². The SMILES string of the molecule is CC(=Nc1ccc(Cl)cc1)C(=CN)C(=O)Nc1cnc(N2CCC(=O)CC2)c(Cl)c1. The molecule has 1 aliphatic rings. The van der Waals surface area contributed by atoms with Gasteiger partial charge in [0.15, 0.2) is 0 Å². The van der Waals surface area contributed by atoms with E-state index in [0.29, 0.717) is 58.9 Å². The molecule has 1 aliphatic heterocycles. The zero-order chi connectivity index (χ0) is 21.7. The summed E-state index contributed by atoms with van der Waals surface area (Å²) in [7, 11) is 0. The molecule has 9 heteroatoms. The highest BCUT2D eigenvalue weighted by molar-refractivity contribution is 6.33. The smallest absolute Gasteiger partial charge is 0.259 e. The van der Waals surface area contributed by atoms with E-state index in [4.69, 9.17) is 28.9 Å². The maximum atomic E-state index is 12.7. The number of Topliss-reactive ketones (excluding diaryl/α,β-unsaturated/α-hetero) is 1. The number of aromatic nitrogens is 1. The molecule has 0 unspecified atom stereocenters. The fraction of sp³-hybridized carbons (Fsp3) is 0.238. The van der Waals surface area contributed by atoms with Crippen LogP contribution in [0.4, 0.5) is 17.2 Å². The molecule has 1 aromatic carbocycles. The highest BCUT2D eigenvalue weighted by atomic mass is 35.5. The maximum absolute atomic E-state index is 12.7. The van der Waals surface area contributed by atoms with Crippen molar-refractivity contribution >= 4 is 57.8 Å². The molecule has 0 spiro atoms. The second-order valence-electron chi connectivity index (χ2n) is 6.76. The number of rotatable bonds is 5. The Morgan fingerprint density at radius 1 is 1.23 bits per heavy atom. The van der Waals surface area contributed by atoms with E-state index < -0.39 is 5.91 Å². The minimum absolute atomic E-state index is 0.222. The van der Waals surface area contributed by atoms with Gasteiger partial charge < -0.3 is 16.0 Å². The molecule has 1 fully saturated rings. The number of ketones is 1. The van der Waals surface area contributed by atoms with E-state index in [1.807, 2.05) is 4.90 Å². The zero-order valence-corrected chi connectivity index (χ0v) is 17.9. The van der Waals surface area contributed by atoms with Crippen molar-refractivity contribution < 1.29 is 9.59 Å². The summed E-state index contributed by atoms with van der Waals surface area (Å²) >= 11 is 12.2. The van der Waals surface area contributed by atoms with Crippen molar-refractivity contribution in [1.82, 2.24) is 4.98 Å². The number of carbonyl (C=O) groups is 2. The van der Waals surface area contributed by atoms with Gasteiger partial charge in [0.2, 0.25) is 0 Å². The van der Waals surface area contributed by atoms with Gasteiger partial charge in [-0.2, -0.15) is 0 Å². The summed E-state index contributed by atoms with van der Waals surface area (Å²) in [5.41, 5.74) is 7.42. The Balaban J connectivity index is 1.71. The van der Waals surface area contributed by atoms with Crippen molar-refractivity contribution in [1.29, 1.82) is 0 Å². The number of benzene rings is 1. The molecule has 0 atom stereocenters. The van der Waals surface area contributed by atoms with Crippen LogP contribution < -0.4 is 16.0 Å². The van der Waals surface area contributed by atoms with Crippen LogP contribution >= 0.6 is 23.2 Å². The van der Waals surface area contributed by atoms with Crippen LogP contribution in [0.15, 0.2) is 53.3 Å². The van der Waals surface area contributed by atoms with Crippen molar-refractivity contribution in [2.45, 2.75) is 19.8 Å². The summed E-state index contributed by atoms with van der Waals surface area (Å²) in [6.07, 6.45) is 3.69. The van der Waals surface area contributed by atoms with Gasteiger partial charge in [-0.1, -0.05) is 23.2 Å². The minimum atomic E-state index is -0.429. The minimum Gasteiger partial charge on any atom is -0.404 e. The van der Waals surface area contributed by atoms with Crippen molar-refractivity contribution in [3.05, 3.63) is 58.3 Å². The van der Waals surface area contributed by atoms with Crippen LogP contribution in [-0.4, -0.2) is 35.5 Å². The van der Waals surface area contributed by atoms with Gasteiger partial charge in [-0.15, -0.1) is 0 Å².